The minimum atomic E-state index is -0.736. The Hall–Kier alpha value is -2.66. The van der Waals surface area contributed by atoms with Gasteiger partial charge in [0.05, 0.1) is 12.2 Å². The van der Waals surface area contributed by atoms with Crippen molar-refractivity contribution in [3.8, 4) is 11.1 Å². The van der Waals surface area contributed by atoms with Crippen LogP contribution < -0.4 is 5.32 Å². The lowest BCUT2D eigenvalue weighted by molar-refractivity contribution is -0.112. The number of carbonyl (C=O) groups is 2. The molecule has 0 bridgehead atoms. The predicted molar refractivity (Wildman–Crippen MR) is 104 cm³/mol. The first-order valence-electron chi connectivity index (χ1n) is 9.10. The van der Waals surface area contributed by atoms with Gasteiger partial charge in [-0.15, -0.1) is 0 Å². The summed E-state index contributed by atoms with van der Waals surface area (Å²) in [6.07, 6.45) is 0.0409. The maximum absolute atomic E-state index is 12.2. The third kappa shape index (κ3) is 4.55. The largest absolute Gasteiger partial charge is 0.449 e. The van der Waals surface area contributed by atoms with E-state index in [-0.39, 0.29) is 24.7 Å². The number of ether oxygens (including phenoxy) is 2. The van der Waals surface area contributed by atoms with E-state index in [2.05, 4.69) is 29.6 Å². The van der Waals surface area contributed by atoms with Crippen LogP contribution in [0.15, 0.2) is 48.5 Å². The Morgan fingerprint density at radius 2 is 1.63 bits per heavy atom. The molecular formula is C22H25NO4. The molecule has 5 nitrogen and oxygen atoms in total. The molecule has 5 heteroatoms. The molecule has 0 heterocycles. The Morgan fingerprint density at radius 3 is 2.15 bits per heavy atom. The summed E-state index contributed by atoms with van der Waals surface area (Å²) in [5.74, 6) is -0.0105. The van der Waals surface area contributed by atoms with Crippen LogP contribution in [0.3, 0.4) is 0 Å². The van der Waals surface area contributed by atoms with Crippen molar-refractivity contribution in [1.29, 1.82) is 0 Å². The summed E-state index contributed by atoms with van der Waals surface area (Å²) >= 11 is 0. The molecule has 142 valence electrons. The number of carbonyl (C=O) groups excluding carboxylic acids is 2. The molecule has 2 aromatic carbocycles. The molecule has 1 N–H and O–H groups in total. The summed E-state index contributed by atoms with van der Waals surface area (Å²) in [5.41, 5.74) is 4.26. The number of hydrogen-bond acceptors (Lipinski definition) is 4. The zero-order valence-corrected chi connectivity index (χ0v) is 15.9. The SMILES string of the molecule is CC(C)(C)OC[C@H](C=O)NC(=O)OCC1c2ccccc2-c2ccccc21. The molecule has 27 heavy (non-hydrogen) atoms. The molecule has 1 atom stereocenters. The van der Waals surface area contributed by atoms with E-state index in [0.29, 0.717) is 6.29 Å². The summed E-state index contributed by atoms with van der Waals surface area (Å²) in [6, 6.07) is 15.6. The van der Waals surface area contributed by atoms with Gasteiger partial charge in [0, 0.05) is 5.92 Å². The topological polar surface area (TPSA) is 64.6 Å². The lowest BCUT2D eigenvalue weighted by atomic mass is 9.98. The lowest BCUT2D eigenvalue weighted by Crippen LogP contribution is -2.41. The van der Waals surface area contributed by atoms with Crippen LogP contribution in [0, 0.1) is 0 Å². The number of rotatable bonds is 6. The molecule has 0 aromatic heterocycles. The summed E-state index contributed by atoms with van der Waals surface area (Å²) < 4.78 is 11.0. The van der Waals surface area contributed by atoms with Gasteiger partial charge in [-0.05, 0) is 43.0 Å². The van der Waals surface area contributed by atoms with Crippen molar-refractivity contribution in [3.63, 3.8) is 0 Å². The number of benzene rings is 2. The van der Waals surface area contributed by atoms with Gasteiger partial charge < -0.3 is 19.6 Å². The average molecular weight is 367 g/mol. The quantitative estimate of drug-likeness (QED) is 0.786. The van der Waals surface area contributed by atoms with Gasteiger partial charge in [-0.1, -0.05) is 48.5 Å². The van der Waals surface area contributed by atoms with Crippen molar-refractivity contribution in [2.24, 2.45) is 0 Å². The van der Waals surface area contributed by atoms with Gasteiger partial charge >= 0.3 is 6.09 Å². The number of amides is 1. The monoisotopic (exact) mass is 367 g/mol. The number of aldehydes is 1. The lowest BCUT2D eigenvalue weighted by Gasteiger charge is -2.22. The van der Waals surface area contributed by atoms with Gasteiger partial charge in [-0.3, -0.25) is 0 Å². The van der Waals surface area contributed by atoms with Crippen molar-refractivity contribution >= 4 is 12.4 Å². The van der Waals surface area contributed by atoms with Crippen LogP contribution in [-0.4, -0.2) is 37.2 Å². The minimum Gasteiger partial charge on any atom is -0.449 e. The Morgan fingerprint density at radius 1 is 1.07 bits per heavy atom. The van der Waals surface area contributed by atoms with Gasteiger partial charge in [-0.25, -0.2) is 4.79 Å². The van der Waals surface area contributed by atoms with E-state index < -0.39 is 12.1 Å². The minimum absolute atomic E-state index is 0.0105. The normalized spacial score (nSPS) is 14.2. The van der Waals surface area contributed by atoms with Crippen molar-refractivity contribution in [2.75, 3.05) is 13.2 Å². The Bertz CT molecular complexity index is 780. The molecule has 0 radical (unpaired) electrons. The first-order valence-corrected chi connectivity index (χ1v) is 9.10. The Kier molecular flexibility index (Phi) is 5.61. The molecule has 0 fully saturated rings. The van der Waals surface area contributed by atoms with Crippen molar-refractivity contribution in [3.05, 3.63) is 59.7 Å². The van der Waals surface area contributed by atoms with Gasteiger partial charge in [0.15, 0.2) is 0 Å². The zero-order chi connectivity index (χ0) is 19.4. The van der Waals surface area contributed by atoms with Gasteiger partial charge in [-0.2, -0.15) is 0 Å². The van der Waals surface area contributed by atoms with Crippen LogP contribution in [0.5, 0.6) is 0 Å². The first-order chi connectivity index (χ1) is 12.9. The predicted octanol–water partition coefficient (Wildman–Crippen LogP) is 3.91. The van der Waals surface area contributed by atoms with E-state index in [0.717, 1.165) is 11.1 Å². The molecule has 1 aliphatic rings. The van der Waals surface area contributed by atoms with E-state index in [1.165, 1.54) is 11.1 Å². The Labute approximate surface area is 159 Å². The van der Waals surface area contributed by atoms with E-state index in [1.807, 2.05) is 45.0 Å². The standard InChI is InChI=1S/C22H25NO4/c1-22(2,3)27-13-15(12-24)23-21(25)26-14-20-18-10-6-4-8-16(18)17-9-5-7-11-19(17)20/h4-12,15,20H,13-14H2,1-3H3,(H,23,25)/t15-/m0/s1. The number of alkyl carbamates (subject to hydrolysis) is 1. The molecule has 0 unspecified atom stereocenters. The van der Waals surface area contributed by atoms with Gasteiger partial charge in [0.2, 0.25) is 0 Å². The molecule has 0 saturated carbocycles. The highest BCUT2D eigenvalue weighted by Crippen LogP contribution is 2.44. The average Bonchev–Trinajstić information content (AvgIpc) is 2.97. The van der Waals surface area contributed by atoms with Gasteiger partial charge in [0.1, 0.15) is 18.9 Å². The highest BCUT2D eigenvalue weighted by atomic mass is 16.5. The molecule has 3 rings (SSSR count). The molecule has 1 aliphatic carbocycles. The van der Waals surface area contributed by atoms with E-state index >= 15 is 0 Å². The van der Waals surface area contributed by atoms with Crippen LogP contribution >= 0.6 is 0 Å². The van der Waals surface area contributed by atoms with Crippen LogP contribution in [0.4, 0.5) is 4.79 Å². The Balaban J connectivity index is 1.63. The summed E-state index contributed by atoms with van der Waals surface area (Å²) in [7, 11) is 0. The van der Waals surface area contributed by atoms with Crippen LogP contribution in [0.2, 0.25) is 0 Å². The van der Waals surface area contributed by atoms with Crippen molar-refractivity contribution in [2.45, 2.75) is 38.3 Å². The highest BCUT2D eigenvalue weighted by Gasteiger charge is 2.29. The van der Waals surface area contributed by atoms with E-state index in [9.17, 15) is 9.59 Å². The third-order valence-corrected chi connectivity index (χ3v) is 4.51. The number of nitrogens with one attached hydrogen (secondary N) is 1. The highest BCUT2D eigenvalue weighted by molar-refractivity contribution is 5.79. The number of fused-ring (bicyclic) bond motifs is 3. The third-order valence-electron chi connectivity index (χ3n) is 4.51. The van der Waals surface area contributed by atoms with E-state index in [4.69, 9.17) is 9.47 Å². The van der Waals surface area contributed by atoms with E-state index in [1.54, 1.807) is 0 Å². The molecule has 0 spiro atoms. The number of hydrogen-bond donors (Lipinski definition) is 1. The first kappa shape index (κ1) is 19.1. The fourth-order valence-corrected chi connectivity index (χ4v) is 3.25. The molecule has 1 amide bonds. The molecule has 2 aromatic rings. The van der Waals surface area contributed by atoms with Gasteiger partial charge in [0.25, 0.3) is 0 Å². The second-order valence-corrected chi connectivity index (χ2v) is 7.64. The zero-order valence-electron chi connectivity index (χ0n) is 15.9. The fourth-order valence-electron chi connectivity index (χ4n) is 3.25. The molecule has 0 saturated heterocycles. The summed E-state index contributed by atoms with van der Waals surface area (Å²) in [5, 5.41) is 2.56. The van der Waals surface area contributed by atoms with Crippen molar-refractivity contribution < 1.29 is 19.1 Å². The second-order valence-electron chi connectivity index (χ2n) is 7.64. The fraction of sp³-hybridized carbons (Fsp3) is 0.364. The van der Waals surface area contributed by atoms with Crippen LogP contribution in [0.25, 0.3) is 11.1 Å². The molecular weight excluding hydrogens is 342 g/mol. The molecule has 0 aliphatic heterocycles. The maximum atomic E-state index is 12.2. The smallest absolute Gasteiger partial charge is 0.407 e. The maximum Gasteiger partial charge on any atom is 0.407 e. The van der Waals surface area contributed by atoms with Crippen molar-refractivity contribution in [1.82, 2.24) is 5.32 Å². The van der Waals surface area contributed by atoms with Crippen LogP contribution in [0.1, 0.15) is 37.8 Å². The second kappa shape index (κ2) is 7.92. The van der Waals surface area contributed by atoms with Crippen LogP contribution in [-0.2, 0) is 14.3 Å². The summed E-state index contributed by atoms with van der Waals surface area (Å²) in [6.45, 7) is 6.00. The summed E-state index contributed by atoms with van der Waals surface area (Å²) in [4.78, 5) is 23.4.